The Morgan fingerprint density at radius 3 is 2.50 bits per heavy atom. The second-order valence-corrected chi connectivity index (χ2v) is 4.95. The number of nitrogens with one attached hydrogen (secondary N) is 1. The minimum absolute atomic E-state index is 0.0101. The molecule has 1 rings (SSSR count). The number of carbonyl (C=O) groups is 1. The quantitative estimate of drug-likeness (QED) is 0.690. The van der Waals surface area contributed by atoms with E-state index >= 15 is 0 Å². The maximum atomic E-state index is 11.7. The summed E-state index contributed by atoms with van der Waals surface area (Å²) < 4.78 is 15.8. The van der Waals surface area contributed by atoms with E-state index in [1.54, 1.807) is 7.11 Å². The van der Waals surface area contributed by atoms with E-state index in [9.17, 15) is 4.79 Å². The minimum Gasteiger partial charge on any atom is -0.468 e. The lowest BCUT2D eigenvalue weighted by atomic mass is 9.84. The average molecular weight is 259 g/mol. The fourth-order valence-electron chi connectivity index (χ4n) is 2.33. The van der Waals surface area contributed by atoms with E-state index < -0.39 is 0 Å². The standard InChI is InChI=1S/C13H25NO4/c1-6-18-10-7-9(12(10)16-4)14-11(8(2)3)13(15)17-5/h8-12,14H,6-7H2,1-5H3/t9?,10?,11-,12?/m0/s1. The molecule has 0 aliphatic heterocycles. The van der Waals surface area contributed by atoms with Gasteiger partial charge in [0.2, 0.25) is 0 Å². The fraction of sp³-hybridized carbons (Fsp3) is 0.923. The molecule has 0 aromatic carbocycles. The highest BCUT2D eigenvalue weighted by Crippen LogP contribution is 2.28. The molecule has 3 unspecified atom stereocenters. The van der Waals surface area contributed by atoms with Gasteiger partial charge in [0, 0.05) is 19.8 Å². The van der Waals surface area contributed by atoms with Crippen molar-refractivity contribution in [3.63, 3.8) is 0 Å². The van der Waals surface area contributed by atoms with Gasteiger partial charge in [0.1, 0.15) is 6.04 Å². The number of rotatable bonds is 7. The molecule has 1 saturated carbocycles. The van der Waals surface area contributed by atoms with Crippen molar-refractivity contribution in [3.05, 3.63) is 0 Å². The van der Waals surface area contributed by atoms with Crippen LogP contribution in [0.3, 0.4) is 0 Å². The third-order valence-electron chi connectivity index (χ3n) is 3.42. The molecule has 0 heterocycles. The lowest BCUT2D eigenvalue weighted by Gasteiger charge is -2.45. The summed E-state index contributed by atoms with van der Waals surface area (Å²) in [4.78, 5) is 11.7. The van der Waals surface area contributed by atoms with Crippen molar-refractivity contribution in [2.24, 2.45) is 5.92 Å². The van der Waals surface area contributed by atoms with Gasteiger partial charge < -0.3 is 14.2 Å². The molecular weight excluding hydrogens is 234 g/mol. The highest BCUT2D eigenvalue weighted by molar-refractivity contribution is 5.76. The topological polar surface area (TPSA) is 56.8 Å². The number of carbonyl (C=O) groups excluding carboxylic acids is 1. The smallest absolute Gasteiger partial charge is 0.323 e. The lowest BCUT2D eigenvalue weighted by molar-refractivity contribution is -0.151. The Balaban J connectivity index is 2.53. The molecule has 106 valence electrons. The molecule has 1 aliphatic carbocycles. The van der Waals surface area contributed by atoms with Gasteiger partial charge in [0.05, 0.1) is 19.3 Å². The Morgan fingerprint density at radius 2 is 2.06 bits per heavy atom. The van der Waals surface area contributed by atoms with Gasteiger partial charge in [-0.15, -0.1) is 0 Å². The first-order valence-electron chi connectivity index (χ1n) is 6.53. The summed E-state index contributed by atoms with van der Waals surface area (Å²) in [7, 11) is 3.09. The van der Waals surface area contributed by atoms with Crippen LogP contribution in [-0.4, -0.2) is 51.1 Å². The first kappa shape index (κ1) is 15.4. The van der Waals surface area contributed by atoms with Gasteiger partial charge >= 0.3 is 5.97 Å². The van der Waals surface area contributed by atoms with Crippen LogP contribution in [0.2, 0.25) is 0 Å². The normalized spacial score (nSPS) is 28.9. The Kier molecular flexibility index (Phi) is 6.05. The molecule has 0 bridgehead atoms. The van der Waals surface area contributed by atoms with Crippen molar-refractivity contribution < 1.29 is 19.0 Å². The number of methoxy groups -OCH3 is 2. The minimum atomic E-state index is -0.291. The molecule has 5 nitrogen and oxygen atoms in total. The van der Waals surface area contributed by atoms with E-state index in [1.807, 2.05) is 20.8 Å². The van der Waals surface area contributed by atoms with Gasteiger partial charge in [-0.2, -0.15) is 0 Å². The van der Waals surface area contributed by atoms with Crippen LogP contribution in [0.15, 0.2) is 0 Å². The van der Waals surface area contributed by atoms with Crippen LogP contribution in [0.25, 0.3) is 0 Å². The highest BCUT2D eigenvalue weighted by Gasteiger charge is 2.44. The van der Waals surface area contributed by atoms with Crippen LogP contribution < -0.4 is 5.32 Å². The summed E-state index contributed by atoms with van der Waals surface area (Å²) in [6.07, 6.45) is 1.01. The number of esters is 1. The van der Waals surface area contributed by atoms with Crippen molar-refractivity contribution in [1.82, 2.24) is 5.32 Å². The molecule has 0 aromatic rings. The van der Waals surface area contributed by atoms with E-state index in [2.05, 4.69) is 5.32 Å². The third-order valence-corrected chi connectivity index (χ3v) is 3.42. The van der Waals surface area contributed by atoms with E-state index in [0.717, 1.165) is 6.42 Å². The van der Waals surface area contributed by atoms with E-state index in [0.29, 0.717) is 6.61 Å². The molecule has 1 N–H and O–H groups in total. The first-order valence-corrected chi connectivity index (χ1v) is 6.53. The number of hydrogen-bond acceptors (Lipinski definition) is 5. The molecule has 1 aliphatic rings. The zero-order valence-corrected chi connectivity index (χ0v) is 11.9. The van der Waals surface area contributed by atoms with Crippen molar-refractivity contribution in [3.8, 4) is 0 Å². The molecule has 0 radical (unpaired) electrons. The zero-order chi connectivity index (χ0) is 13.7. The molecule has 0 amide bonds. The Bertz CT molecular complexity index is 270. The number of ether oxygens (including phenoxy) is 3. The monoisotopic (exact) mass is 259 g/mol. The van der Waals surface area contributed by atoms with Crippen LogP contribution in [0, 0.1) is 5.92 Å². The van der Waals surface area contributed by atoms with Gasteiger partial charge in [-0.05, 0) is 19.3 Å². The van der Waals surface area contributed by atoms with Gasteiger partial charge in [-0.25, -0.2) is 0 Å². The van der Waals surface area contributed by atoms with Crippen LogP contribution in [0.4, 0.5) is 0 Å². The second-order valence-electron chi connectivity index (χ2n) is 4.95. The third kappa shape index (κ3) is 3.43. The maximum Gasteiger partial charge on any atom is 0.323 e. The van der Waals surface area contributed by atoms with Crippen molar-refractivity contribution in [2.45, 2.75) is 51.5 Å². The number of hydrogen-bond donors (Lipinski definition) is 1. The predicted molar refractivity (Wildman–Crippen MR) is 68.4 cm³/mol. The van der Waals surface area contributed by atoms with Gasteiger partial charge in [0.25, 0.3) is 0 Å². The summed E-state index contributed by atoms with van der Waals surface area (Å²) >= 11 is 0. The SMILES string of the molecule is CCOC1CC(N[C@H](C(=O)OC)C(C)C)C1OC. The van der Waals surface area contributed by atoms with Crippen LogP contribution in [0.5, 0.6) is 0 Å². The van der Waals surface area contributed by atoms with Crippen molar-refractivity contribution in [2.75, 3.05) is 20.8 Å². The Labute approximate surface area is 109 Å². The van der Waals surface area contributed by atoms with Gasteiger partial charge in [0.15, 0.2) is 0 Å². The molecular formula is C13H25NO4. The summed E-state index contributed by atoms with van der Waals surface area (Å²) in [6.45, 7) is 6.64. The van der Waals surface area contributed by atoms with Crippen LogP contribution >= 0.6 is 0 Å². The average Bonchev–Trinajstić information content (AvgIpc) is 2.31. The molecule has 18 heavy (non-hydrogen) atoms. The molecule has 0 spiro atoms. The first-order chi connectivity index (χ1) is 8.54. The molecule has 0 saturated heterocycles. The fourth-order valence-corrected chi connectivity index (χ4v) is 2.33. The summed E-state index contributed by atoms with van der Waals surface area (Å²) in [5.74, 6) is -0.0409. The van der Waals surface area contributed by atoms with Crippen molar-refractivity contribution in [1.29, 1.82) is 0 Å². The largest absolute Gasteiger partial charge is 0.468 e. The lowest BCUT2D eigenvalue weighted by Crippen LogP contribution is -2.63. The van der Waals surface area contributed by atoms with E-state index in [1.165, 1.54) is 7.11 Å². The Morgan fingerprint density at radius 1 is 1.39 bits per heavy atom. The Hall–Kier alpha value is -0.650. The molecule has 4 atom stereocenters. The molecule has 0 aromatic heterocycles. The van der Waals surface area contributed by atoms with Crippen molar-refractivity contribution >= 4 is 5.97 Å². The van der Waals surface area contributed by atoms with Gasteiger partial charge in [-0.1, -0.05) is 13.8 Å². The van der Waals surface area contributed by atoms with Crippen LogP contribution in [0.1, 0.15) is 27.2 Å². The van der Waals surface area contributed by atoms with E-state index in [-0.39, 0.29) is 36.2 Å². The zero-order valence-electron chi connectivity index (χ0n) is 11.9. The second kappa shape index (κ2) is 7.07. The summed E-state index contributed by atoms with van der Waals surface area (Å²) in [6, 6.07) is -0.140. The maximum absolute atomic E-state index is 11.7. The molecule has 1 fully saturated rings. The highest BCUT2D eigenvalue weighted by atomic mass is 16.5. The predicted octanol–water partition coefficient (Wildman–Crippen LogP) is 0.966. The summed E-state index contributed by atoms with van der Waals surface area (Å²) in [5.41, 5.74) is 0. The van der Waals surface area contributed by atoms with Gasteiger partial charge in [-0.3, -0.25) is 10.1 Å². The van der Waals surface area contributed by atoms with Crippen LogP contribution in [-0.2, 0) is 19.0 Å². The molecule has 5 heteroatoms. The van der Waals surface area contributed by atoms with E-state index in [4.69, 9.17) is 14.2 Å². The summed E-state index contributed by atoms with van der Waals surface area (Å²) in [5, 5.41) is 3.31.